The normalized spacial score (nSPS) is 12.4. The molecular formula is C19H16N4OS. The first-order valence-electron chi connectivity index (χ1n) is 7.94. The molecule has 0 unspecified atom stereocenters. The van der Waals surface area contributed by atoms with E-state index in [1.165, 1.54) is 16.3 Å². The van der Waals surface area contributed by atoms with Crippen molar-refractivity contribution in [3.63, 3.8) is 0 Å². The maximum atomic E-state index is 9.45. The van der Waals surface area contributed by atoms with Gasteiger partial charge in [-0.15, -0.1) is 5.10 Å². The van der Waals surface area contributed by atoms with Gasteiger partial charge >= 0.3 is 0 Å². The van der Waals surface area contributed by atoms with Crippen LogP contribution in [0, 0.1) is 0 Å². The number of fused-ring (bicyclic) bond motifs is 1. The summed E-state index contributed by atoms with van der Waals surface area (Å²) >= 11 is 1.61. The van der Waals surface area contributed by atoms with E-state index in [-0.39, 0.29) is 11.0 Å². The molecule has 0 fully saturated rings. The lowest BCUT2D eigenvalue weighted by Gasteiger charge is -2.14. The predicted molar refractivity (Wildman–Crippen MR) is 99.0 cm³/mol. The molecule has 25 heavy (non-hydrogen) atoms. The molecule has 124 valence electrons. The van der Waals surface area contributed by atoms with E-state index in [2.05, 4.69) is 64.9 Å². The van der Waals surface area contributed by atoms with Gasteiger partial charge in [0.2, 0.25) is 5.16 Å². The standard InChI is InChI=1S/C19H16N4OS/c1-13(17-8-4-6-14-5-2-3-7-18(14)17)25-19-20-21-22-23(19)15-9-11-16(24)12-10-15/h2-13,24H,1H3/t13-/m0/s1. The van der Waals surface area contributed by atoms with Crippen LogP contribution in [0.15, 0.2) is 71.9 Å². The Bertz CT molecular complexity index is 1010. The number of thioether (sulfide) groups is 1. The molecule has 1 atom stereocenters. The second-order valence-corrected chi connectivity index (χ2v) is 7.03. The Kier molecular flexibility index (Phi) is 4.11. The first-order chi connectivity index (χ1) is 12.2. The largest absolute Gasteiger partial charge is 0.508 e. The van der Waals surface area contributed by atoms with Crippen molar-refractivity contribution < 1.29 is 5.11 Å². The molecule has 3 aromatic carbocycles. The second kappa shape index (κ2) is 6.57. The van der Waals surface area contributed by atoms with E-state index < -0.39 is 0 Å². The third kappa shape index (κ3) is 3.08. The van der Waals surface area contributed by atoms with E-state index in [4.69, 9.17) is 0 Å². The molecule has 1 heterocycles. The van der Waals surface area contributed by atoms with Crippen molar-refractivity contribution in [2.24, 2.45) is 0 Å². The van der Waals surface area contributed by atoms with Crippen LogP contribution in [0.25, 0.3) is 16.5 Å². The third-order valence-corrected chi connectivity index (χ3v) is 5.15. The predicted octanol–water partition coefficient (Wildman–Crippen LogP) is 4.37. The van der Waals surface area contributed by atoms with Crippen LogP contribution in [0.4, 0.5) is 0 Å². The fraction of sp³-hybridized carbons (Fsp3) is 0.105. The van der Waals surface area contributed by atoms with Crippen molar-refractivity contribution in [2.45, 2.75) is 17.3 Å². The van der Waals surface area contributed by atoms with Gasteiger partial charge < -0.3 is 5.11 Å². The van der Waals surface area contributed by atoms with Crippen molar-refractivity contribution >= 4 is 22.5 Å². The summed E-state index contributed by atoms with van der Waals surface area (Å²) < 4.78 is 1.69. The Morgan fingerprint density at radius 1 is 0.960 bits per heavy atom. The van der Waals surface area contributed by atoms with Crippen LogP contribution >= 0.6 is 11.8 Å². The zero-order valence-electron chi connectivity index (χ0n) is 13.6. The molecule has 4 aromatic rings. The van der Waals surface area contributed by atoms with Crippen molar-refractivity contribution in [1.29, 1.82) is 0 Å². The molecule has 0 aliphatic carbocycles. The van der Waals surface area contributed by atoms with Crippen molar-refractivity contribution in [3.05, 3.63) is 72.3 Å². The molecule has 1 aromatic heterocycles. The minimum atomic E-state index is 0.188. The maximum absolute atomic E-state index is 9.45. The molecule has 0 spiro atoms. The summed E-state index contributed by atoms with van der Waals surface area (Å²) in [4.78, 5) is 0. The molecule has 0 aliphatic rings. The van der Waals surface area contributed by atoms with Gasteiger partial charge in [0, 0.05) is 5.25 Å². The number of aromatic hydroxyl groups is 1. The molecule has 1 N–H and O–H groups in total. The topological polar surface area (TPSA) is 63.8 Å². The van der Waals surface area contributed by atoms with Crippen molar-refractivity contribution in [1.82, 2.24) is 20.2 Å². The number of aromatic nitrogens is 4. The van der Waals surface area contributed by atoms with Crippen molar-refractivity contribution in [3.8, 4) is 11.4 Å². The molecule has 0 saturated carbocycles. The fourth-order valence-electron chi connectivity index (χ4n) is 2.83. The minimum absolute atomic E-state index is 0.188. The summed E-state index contributed by atoms with van der Waals surface area (Å²) in [5.74, 6) is 0.218. The molecule has 0 radical (unpaired) electrons. The highest BCUT2D eigenvalue weighted by atomic mass is 32.2. The zero-order valence-corrected chi connectivity index (χ0v) is 14.4. The van der Waals surface area contributed by atoms with Gasteiger partial charge in [0.15, 0.2) is 0 Å². The Balaban J connectivity index is 1.67. The quantitative estimate of drug-likeness (QED) is 0.555. The van der Waals surface area contributed by atoms with Crippen LogP contribution < -0.4 is 0 Å². The van der Waals surface area contributed by atoms with Crippen molar-refractivity contribution in [2.75, 3.05) is 0 Å². The van der Waals surface area contributed by atoms with E-state index in [1.54, 1.807) is 40.7 Å². The number of phenolic OH excluding ortho intramolecular Hbond substituents is 1. The highest BCUT2D eigenvalue weighted by Gasteiger charge is 2.16. The highest BCUT2D eigenvalue weighted by molar-refractivity contribution is 7.99. The van der Waals surface area contributed by atoms with Crippen LogP contribution in [-0.2, 0) is 0 Å². The van der Waals surface area contributed by atoms with Gasteiger partial charge in [-0.2, -0.15) is 4.68 Å². The first kappa shape index (κ1) is 15.7. The van der Waals surface area contributed by atoms with Crippen LogP contribution in [0.1, 0.15) is 17.7 Å². The SMILES string of the molecule is C[C@H](Sc1nnnn1-c1ccc(O)cc1)c1cccc2ccccc12. The summed E-state index contributed by atoms with van der Waals surface area (Å²) in [6.45, 7) is 2.16. The second-order valence-electron chi connectivity index (χ2n) is 5.72. The molecule has 0 aliphatic heterocycles. The van der Waals surface area contributed by atoms with E-state index in [0.717, 1.165) is 5.69 Å². The lowest BCUT2D eigenvalue weighted by atomic mass is 10.0. The number of nitrogens with zero attached hydrogens (tertiary/aromatic N) is 4. The van der Waals surface area contributed by atoms with Crippen LogP contribution in [0.3, 0.4) is 0 Å². The maximum Gasteiger partial charge on any atom is 0.214 e. The summed E-state index contributed by atoms with van der Waals surface area (Å²) in [5, 5.41) is 24.9. The molecule has 0 amide bonds. The van der Waals surface area contributed by atoms with Gasteiger partial charge in [-0.1, -0.05) is 54.2 Å². The van der Waals surface area contributed by atoms with E-state index in [9.17, 15) is 5.11 Å². The number of hydrogen-bond acceptors (Lipinski definition) is 5. The number of tetrazole rings is 1. The van der Waals surface area contributed by atoms with E-state index in [1.807, 2.05) is 0 Å². The summed E-state index contributed by atoms with van der Waals surface area (Å²) in [6, 6.07) is 21.6. The van der Waals surface area contributed by atoms with E-state index >= 15 is 0 Å². The number of hydrogen-bond donors (Lipinski definition) is 1. The van der Waals surface area contributed by atoms with Crippen LogP contribution in [0.2, 0.25) is 0 Å². The molecule has 0 saturated heterocycles. The smallest absolute Gasteiger partial charge is 0.214 e. The third-order valence-electron chi connectivity index (χ3n) is 4.08. The Morgan fingerprint density at radius 3 is 2.56 bits per heavy atom. The average molecular weight is 348 g/mol. The Hall–Kier alpha value is -2.86. The first-order valence-corrected chi connectivity index (χ1v) is 8.82. The fourth-order valence-corrected chi connectivity index (χ4v) is 3.81. The number of rotatable bonds is 4. The monoisotopic (exact) mass is 348 g/mol. The van der Waals surface area contributed by atoms with Gasteiger partial charge in [0.05, 0.1) is 5.69 Å². The van der Waals surface area contributed by atoms with Crippen LogP contribution in [-0.4, -0.2) is 25.3 Å². The summed E-state index contributed by atoms with van der Waals surface area (Å²) in [5.41, 5.74) is 2.07. The molecule has 0 bridgehead atoms. The summed E-state index contributed by atoms with van der Waals surface area (Å²) in [6.07, 6.45) is 0. The molecule has 5 nitrogen and oxygen atoms in total. The summed E-state index contributed by atoms with van der Waals surface area (Å²) in [7, 11) is 0. The lowest BCUT2D eigenvalue weighted by Crippen LogP contribution is -2.00. The molecule has 4 rings (SSSR count). The lowest BCUT2D eigenvalue weighted by molar-refractivity contribution is 0.475. The Morgan fingerprint density at radius 2 is 1.72 bits per heavy atom. The highest BCUT2D eigenvalue weighted by Crippen LogP contribution is 2.37. The Labute approximate surface area is 149 Å². The van der Waals surface area contributed by atoms with Gasteiger partial charge in [0.25, 0.3) is 0 Å². The zero-order chi connectivity index (χ0) is 17.2. The number of benzene rings is 3. The molecular weight excluding hydrogens is 332 g/mol. The van der Waals surface area contributed by atoms with Gasteiger partial charge in [-0.05, 0) is 58.0 Å². The van der Waals surface area contributed by atoms with E-state index in [0.29, 0.717) is 5.16 Å². The van der Waals surface area contributed by atoms with Gasteiger partial charge in [-0.25, -0.2) is 0 Å². The van der Waals surface area contributed by atoms with Crippen LogP contribution in [0.5, 0.6) is 5.75 Å². The van der Waals surface area contributed by atoms with Gasteiger partial charge in [-0.3, -0.25) is 0 Å². The average Bonchev–Trinajstić information content (AvgIpc) is 3.10. The van der Waals surface area contributed by atoms with Gasteiger partial charge in [0.1, 0.15) is 5.75 Å². The minimum Gasteiger partial charge on any atom is -0.508 e. The molecule has 6 heteroatoms. The number of phenols is 1.